The van der Waals surface area contributed by atoms with Gasteiger partial charge in [-0.15, -0.1) is 0 Å². The van der Waals surface area contributed by atoms with Crippen LogP contribution in [0.2, 0.25) is 5.02 Å². The number of halogens is 1. The van der Waals surface area contributed by atoms with Crippen LogP contribution < -0.4 is 10.2 Å². The number of anilines is 2. The zero-order chi connectivity index (χ0) is 17.4. The number of carbonyl (C=O) groups excluding carboxylic acids is 2. The molecule has 1 heterocycles. The van der Waals surface area contributed by atoms with E-state index in [0.29, 0.717) is 30.1 Å². The van der Waals surface area contributed by atoms with Gasteiger partial charge in [-0.25, -0.2) is 0 Å². The van der Waals surface area contributed by atoms with Gasteiger partial charge in [0.15, 0.2) is 0 Å². The number of nitrogens with one attached hydrogen (secondary N) is 1. The number of hydrogen-bond donors (Lipinski definition) is 1. The number of hydrogen-bond acceptors (Lipinski definition) is 2. The average molecular weight is 355 g/mol. The van der Waals surface area contributed by atoms with Crippen LogP contribution in [0.4, 0.5) is 11.4 Å². The predicted molar refractivity (Wildman–Crippen MR) is 98.9 cm³/mol. The van der Waals surface area contributed by atoms with Crippen LogP contribution in [-0.2, 0) is 16.0 Å². The first-order valence-electron chi connectivity index (χ1n) is 8.57. The summed E-state index contributed by atoms with van der Waals surface area (Å²) in [6.45, 7) is 0.672. The average Bonchev–Trinajstić information content (AvgIpc) is 3.44. The fourth-order valence-corrected chi connectivity index (χ4v) is 3.58. The zero-order valence-corrected chi connectivity index (χ0v) is 14.6. The SMILES string of the molecule is O=C(Nc1ccc(Cl)cc1)C1(C(=O)N2CCCc3ccccc32)CC1. The number of benzene rings is 2. The molecule has 0 atom stereocenters. The van der Waals surface area contributed by atoms with Gasteiger partial charge in [0.05, 0.1) is 0 Å². The van der Waals surface area contributed by atoms with Crippen molar-refractivity contribution < 1.29 is 9.59 Å². The Hall–Kier alpha value is -2.33. The highest BCUT2D eigenvalue weighted by atomic mass is 35.5. The number of fused-ring (bicyclic) bond motifs is 1. The van der Waals surface area contributed by atoms with Crippen LogP contribution in [0.15, 0.2) is 48.5 Å². The van der Waals surface area contributed by atoms with Crippen molar-refractivity contribution in [1.29, 1.82) is 0 Å². The van der Waals surface area contributed by atoms with E-state index in [0.717, 1.165) is 18.5 Å². The highest BCUT2D eigenvalue weighted by molar-refractivity contribution is 6.30. The Kier molecular flexibility index (Phi) is 4.00. The Balaban J connectivity index is 1.56. The van der Waals surface area contributed by atoms with Gasteiger partial charge in [0.1, 0.15) is 5.41 Å². The topological polar surface area (TPSA) is 49.4 Å². The highest BCUT2D eigenvalue weighted by Gasteiger charge is 2.58. The van der Waals surface area contributed by atoms with E-state index in [9.17, 15) is 9.59 Å². The molecule has 25 heavy (non-hydrogen) atoms. The molecule has 1 saturated carbocycles. The van der Waals surface area contributed by atoms with Crippen molar-refractivity contribution in [3.63, 3.8) is 0 Å². The Bertz CT molecular complexity index is 828. The molecule has 1 N–H and O–H groups in total. The Morgan fingerprint density at radius 1 is 1.04 bits per heavy atom. The summed E-state index contributed by atoms with van der Waals surface area (Å²) in [5, 5.41) is 3.48. The van der Waals surface area contributed by atoms with Gasteiger partial charge in [0, 0.05) is 22.9 Å². The van der Waals surface area contributed by atoms with Gasteiger partial charge in [-0.3, -0.25) is 9.59 Å². The van der Waals surface area contributed by atoms with E-state index in [1.807, 2.05) is 18.2 Å². The minimum absolute atomic E-state index is 0.0777. The van der Waals surface area contributed by atoms with E-state index >= 15 is 0 Å². The molecule has 2 aliphatic rings. The lowest BCUT2D eigenvalue weighted by Crippen LogP contribution is -2.45. The van der Waals surface area contributed by atoms with Crippen LogP contribution in [-0.4, -0.2) is 18.4 Å². The zero-order valence-electron chi connectivity index (χ0n) is 13.8. The molecule has 1 aliphatic carbocycles. The maximum atomic E-state index is 13.2. The summed E-state index contributed by atoms with van der Waals surface area (Å²) in [4.78, 5) is 27.8. The smallest absolute Gasteiger partial charge is 0.242 e. The molecular weight excluding hydrogens is 336 g/mol. The van der Waals surface area contributed by atoms with E-state index in [1.54, 1.807) is 29.2 Å². The van der Waals surface area contributed by atoms with Crippen molar-refractivity contribution in [3.05, 3.63) is 59.1 Å². The van der Waals surface area contributed by atoms with Gasteiger partial charge in [-0.05, 0) is 61.6 Å². The van der Waals surface area contributed by atoms with E-state index in [2.05, 4.69) is 11.4 Å². The maximum Gasteiger partial charge on any atom is 0.242 e. The molecule has 0 saturated heterocycles. The number of carbonyl (C=O) groups is 2. The first-order chi connectivity index (χ1) is 12.1. The largest absolute Gasteiger partial charge is 0.325 e. The van der Waals surface area contributed by atoms with Crippen LogP contribution >= 0.6 is 11.6 Å². The summed E-state index contributed by atoms with van der Waals surface area (Å²) >= 11 is 5.88. The normalized spacial score (nSPS) is 17.6. The predicted octanol–water partition coefficient (Wildman–Crippen LogP) is 4.04. The lowest BCUT2D eigenvalue weighted by molar-refractivity contribution is -0.132. The van der Waals surface area contributed by atoms with Crippen molar-refractivity contribution >= 4 is 34.8 Å². The monoisotopic (exact) mass is 354 g/mol. The van der Waals surface area contributed by atoms with Gasteiger partial charge < -0.3 is 10.2 Å². The Morgan fingerprint density at radius 3 is 2.48 bits per heavy atom. The second kappa shape index (κ2) is 6.19. The molecule has 0 bridgehead atoms. The summed E-state index contributed by atoms with van der Waals surface area (Å²) in [6.07, 6.45) is 3.11. The van der Waals surface area contributed by atoms with Crippen molar-refractivity contribution in [2.24, 2.45) is 5.41 Å². The molecule has 1 fully saturated rings. The molecule has 2 aromatic carbocycles. The Morgan fingerprint density at radius 2 is 1.76 bits per heavy atom. The summed E-state index contributed by atoms with van der Waals surface area (Å²) in [5.41, 5.74) is 1.86. The first-order valence-corrected chi connectivity index (χ1v) is 8.95. The van der Waals surface area contributed by atoms with E-state index < -0.39 is 5.41 Å². The third-order valence-corrected chi connectivity index (χ3v) is 5.30. The van der Waals surface area contributed by atoms with Crippen LogP contribution in [0.5, 0.6) is 0 Å². The molecule has 0 unspecified atom stereocenters. The molecular formula is C20H19ClN2O2. The molecule has 0 aromatic heterocycles. The maximum absolute atomic E-state index is 13.2. The van der Waals surface area contributed by atoms with Crippen molar-refractivity contribution in [2.75, 3.05) is 16.8 Å². The minimum atomic E-state index is -0.927. The molecule has 2 amide bonds. The molecule has 5 heteroatoms. The quantitative estimate of drug-likeness (QED) is 0.846. The summed E-state index contributed by atoms with van der Waals surface area (Å²) in [5.74, 6) is -0.297. The summed E-state index contributed by atoms with van der Waals surface area (Å²) in [7, 11) is 0. The summed E-state index contributed by atoms with van der Waals surface area (Å²) < 4.78 is 0. The second-order valence-corrected chi connectivity index (χ2v) is 7.17. The lowest BCUT2D eigenvalue weighted by Gasteiger charge is -2.32. The lowest BCUT2D eigenvalue weighted by atomic mass is 9.97. The molecule has 128 valence electrons. The molecule has 2 aromatic rings. The van der Waals surface area contributed by atoms with E-state index in [-0.39, 0.29) is 11.8 Å². The number of rotatable bonds is 3. The first kappa shape index (κ1) is 16.2. The van der Waals surface area contributed by atoms with Crippen molar-refractivity contribution in [2.45, 2.75) is 25.7 Å². The van der Waals surface area contributed by atoms with Gasteiger partial charge >= 0.3 is 0 Å². The highest BCUT2D eigenvalue weighted by Crippen LogP contribution is 2.49. The molecule has 1 aliphatic heterocycles. The van der Waals surface area contributed by atoms with Crippen molar-refractivity contribution in [1.82, 2.24) is 0 Å². The van der Waals surface area contributed by atoms with E-state index in [4.69, 9.17) is 11.6 Å². The number of aryl methyl sites for hydroxylation is 1. The molecule has 4 rings (SSSR count). The van der Waals surface area contributed by atoms with E-state index in [1.165, 1.54) is 5.56 Å². The number of nitrogens with zero attached hydrogens (tertiary/aromatic N) is 1. The Labute approximate surface area is 151 Å². The van der Waals surface area contributed by atoms with Gasteiger partial charge in [0.2, 0.25) is 11.8 Å². The van der Waals surface area contributed by atoms with Crippen molar-refractivity contribution in [3.8, 4) is 0 Å². The molecule has 0 spiro atoms. The standard InChI is InChI=1S/C20H19ClN2O2/c21-15-7-9-16(10-8-15)22-18(24)20(11-12-20)19(25)23-13-3-5-14-4-1-2-6-17(14)23/h1-2,4,6-10H,3,5,11-13H2,(H,22,24). The van der Waals surface area contributed by atoms with Crippen LogP contribution in [0.1, 0.15) is 24.8 Å². The third kappa shape index (κ3) is 2.91. The fourth-order valence-electron chi connectivity index (χ4n) is 3.45. The van der Waals surface area contributed by atoms with Crippen LogP contribution in [0.3, 0.4) is 0 Å². The second-order valence-electron chi connectivity index (χ2n) is 6.73. The molecule has 0 radical (unpaired) electrons. The van der Waals surface area contributed by atoms with Gasteiger partial charge in [0.25, 0.3) is 0 Å². The third-order valence-electron chi connectivity index (χ3n) is 5.05. The number of amides is 2. The number of para-hydroxylation sites is 1. The van der Waals surface area contributed by atoms with Gasteiger partial charge in [-0.2, -0.15) is 0 Å². The molecule has 4 nitrogen and oxygen atoms in total. The minimum Gasteiger partial charge on any atom is -0.325 e. The van der Waals surface area contributed by atoms with Crippen LogP contribution in [0.25, 0.3) is 0 Å². The fraction of sp³-hybridized carbons (Fsp3) is 0.300. The van der Waals surface area contributed by atoms with Gasteiger partial charge in [-0.1, -0.05) is 29.8 Å². The summed E-state index contributed by atoms with van der Waals surface area (Å²) in [6, 6.07) is 14.9. The van der Waals surface area contributed by atoms with Crippen LogP contribution in [0, 0.1) is 5.41 Å².